The molecule has 0 saturated heterocycles. The number of halogens is 6. The first-order valence-electron chi connectivity index (χ1n) is 9.15. The van der Waals surface area contributed by atoms with Gasteiger partial charge in [0.1, 0.15) is 17.1 Å². The van der Waals surface area contributed by atoms with Crippen molar-refractivity contribution in [1.29, 1.82) is 0 Å². The maximum absolute atomic E-state index is 13.0. The van der Waals surface area contributed by atoms with Crippen LogP contribution >= 0.6 is 11.6 Å². The summed E-state index contributed by atoms with van der Waals surface area (Å²) in [5.41, 5.74) is -0.885. The summed E-state index contributed by atoms with van der Waals surface area (Å²) >= 11 is 4.83. The van der Waals surface area contributed by atoms with Crippen molar-refractivity contribution >= 4 is 34.4 Å². The van der Waals surface area contributed by atoms with Gasteiger partial charge in [0.25, 0.3) is 10.9 Å². The molecule has 3 aromatic carbocycles. The molecule has 0 amide bonds. The van der Waals surface area contributed by atoms with Crippen molar-refractivity contribution < 1.29 is 31.2 Å². The maximum Gasteiger partial charge on any atom is 0.573 e. The molecular formula is C20H10ClF5N4O4. The molecule has 0 saturated carbocycles. The molecule has 0 spiro atoms. The third-order valence-electron chi connectivity index (χ3n) is 4.35. The molecule has 4 rings (SSSR count). The van der Waals surface area contributed by atoms with Crippen LogP contribution in [0.2, 0.25) is 0 Å². The van der Waals surface area contributed by atoms with E-state index >= 15 is 0 Å². The van der Waals surface area contributed by atoms with Crippen molar-refractivity contribution in [3.05, 3.63) is 74.9 Å². The average Bonchev–Trinajstić information content (AvgIpc) is 3.27. The van der Waals surface area contributed by atoms with Crippen molar-refractivity contribution in [2.75, 3.05) is 10.6 Å². The molecule has 4 aromatic rings. The highest BCUT2D eigenvalue weighted by atomic mass is 35.5. The van der Waals surface area contributed by atoms with Crippen LogP contribution in [0.5, 0.6) is 5.75 Å². The van der Waals surface area contributed by atoms with E-state index < -0.39 is 34.2 Å². The topological polar surface area (TPSA) is 106 Å². The predicted molar refractivity (Wildman–Crippen MR) is 111 cm³/mol. The monoisotopic (exact) mass is 500 g/mol. The maximum atomic E-state index is 13.0. The van der Waals surface area contributed by atoms with Crippen LogP contribution in [0, 0.1) is 0 Å². The SMILES string of the molecule is O=c1c(Nc2ccc(OC(F)(F)F)cc2)c(Nc2ccc(-c3noc(C(F)(F)Cl)n3)cc2)c1=O. The van der Waals surface area contributed by atoms with Gasteiger partial charge in [-0.1, -0.05) is 5.16 Å². The van der Waals surface area contributed by atoms with Gasteiger partial charge in [-0.2, -0.15) is 13.8 Å². The molecule has 0 radical (unpaired) electrons. The Morgan fingerprint density at radius 1 is 0.824 bits per heavy atom. The number of ether oxygens (including phenoxy) is 1. The first-order valence-corrected chi connectivity index (χ1v) is 9.53. The van der Waals surface area contributed by atoms with E-state index in [2.05, 4.69) is 30.0 Å². The van der Waals surface area contributed by atoms with Crippen LogP contribution in [0.25, 0.3) is 11.4 Å². The zero-order valence-corrected chi connectivity index (χ0v) is 17.2. The van der Waals surface area contributed by atoms with Crippen LogP contribution in [-0.2, 0) is 5.38 Å². The lowest BCUT2D eigenvalue weighted by Gasteiger charge is -2.15. The molecular weight excluding hydrogens is 491 g/mol. The largest absolute Gasteiger partial charge is 0.573 e. The molecule has 8 nitrogen and oxygen atoms in total. The minimum Gasteiger partial charge on any atom is -0.406 e. The summed E-state index contributed by atoms with van der Waals surface area (Å²) in [6, 6.07) is 10.4. The highest BCUT2D eigenvalue weighted by Gasteiger charge is 2.35. The van der Waals surface area contributed by atoms with Crippen LogP contribution in [-0.4, -0.2) is 16.5 Å². The van der Waals surface area contributed by atoms with Crippen molar-refractivity contribution in [1.82, 2.24) is 10.1 Å². The summed E-state index contributed by atoms with van der Waals surface area (Å²) in [6.45, 7) is 0. The summed E-state index contributed by atoms with van der Waals surface area (Å²) in [6.07, 6.45) is -4.85. The number of hydrogen-bond acceptors (Lipinski definition) is 8. The van der Waals surface area contributed by atoms with Crippen molar-refractivity contribution in [3.8, 4) is 17.1 Å². The van der Waals surface area contributed by atoms with E-state index in [1.54, 1.807) is 0 Å². The zero-order valence-electron chi connectivity index (χ0n) is 16.4. The molecule has 0 bridgehead atoms. The lowest BCUT2D eigenvalue weighted by Crippen LogP contribution is -2.35. The Hall–Kier alpha value is -4.00. The third kappa shape index (κ3) is 4.98. The van der Waals surface area contributed by atoms with Gasteiger partial charge in [-0.3, -0.25) is 9.59 Å². The molecule has 0 aliphatic rings. The van der Waals surface area contributed by atoms with Crippen LogP contribution in [0.4, 0.5) is 44.7 Å². The molecule has 0 atom stereocenters. The van der Waals surface area contributed by atoms with Crippen molar-refractivity contribution in [2.45, 2.75) is 11.7 Å². The fraction of sp³-hybridized carbons (Fsp3) is 0.100. The minimum atomic E-state index is -4.85. The third-order valence-corrected chi connectivity index (χ3v) is 4.51. The van der Waals surface area contributed by atoms with Gasteiger partial charge in [-0.15, -0.1) is 13.2 Å². The van der Waals surface area contributed by atoms with Crippen LogP contribution in [0.15, 0.2) is 62.6 Å². The first kappa shape index (κ1) is 23.2. The number of alkyl halides is 6. The summed E-state index contributed by atoms with van der Waals surface area (Å²) in [4.78, 5) is 27.5. The summed E-state index contributed by atoms with van der Waals surface area (Å²) in [5, 5.41) is 5.02. The van der Waals surface area contributed by atoms with E-state index in [4.69, 9.17) is 11.6 Å². The number of rotatable bonds is 7. The second-order valence-corrected chi connectivity index (χ2v) is 7.20. The number of nitrogens with zero attached hydrogens (tertiary/aromatic N) is 2. The normalized spacial score (nSPS) is 12.1. The summed E-state index contributed by atoms with van der Waals surface area (Å²) in [7, 11) is 0. The van der Waals surface area contributed by atoms with E-state index in [0.29, 0.717) is 11.3 Å². The van der Waals surface area contributed by atoms with Crippen LogP contribution in [0.3, 0.4) is 0 Å². The van der Waals surface area contributed by atoms with Gasteiger partial charge in [0.15, 0.2) is 0 Å². The standard InChI is InChI=1S/C20H10ClF5N4O4/c21-19(22,23)18-29-17(30-34-18)9-1-3-10(4-2-9)27-13-14(16(32)15(13)31)28-11-5-7-12(8-6-11)33-20(24,25)26/h1-8,27-28H. The highest BCUT2D eigenvalue weighted by molar-refractivity contribution is 6.21. The van der Waals surface area contributed by atoms with E-state index in [1.165, 1.54) is 36.4 Å². The van der Waals surface area contributed by atoms with Gasteiger partial charge in [-0.25, -0.2) is 0 Å². The molecule has 0 unspecified atom stereocenters. The van der Waals surface area contributed by atoms with E-state index in [1.807, 2.05) is 0 Å². The van der Waals surface area contributed by atoms with Gasteiger partial charge in [0.2, 0.25) is 5.82 Å². The van der Waals surface area contributed by atoms with E-state index in [-0.39, 0.29) is 22.9 Å². The zero-order chi connectivity index (χ0) is 24.7. The molecule has 2 N–H and O–H groups in total. The smallest absolute Gasteiger partial charge is 0.406 e. The van der Waals surface area contributed by atoms with Crippen LogP contribution < -0.4 is 26.2 Å². The quantitative estimate of drug-likeness (QED) is 0.207. The number of anilines is 4. The fourth-order valence-electron chi connectivity index (χ4n) is 2.82. The van der Waals surface area contributed by atoms with Crippen molar-refractivity contribution in [3.63, 3.8) is 0 Å². The summed E-state index contributed by atoms with van der Waals surface area (Å²) in [5.74, 6) is -1.66. The lowest BCUT2D eigenvalue weighted by molar-refractivity contribution is -0.274. The number of hydrogen-bond donors (Lipinski definition) is 2. The van der Waals surface area contributed by atoms with Crippen molar-refractivity contribution in [2.24, 2.45) is 0 Å². The van der Waals surface area contributed by atoms with Gasteiger partial charge in [0, 0.05) is 16.9 Å². The molecule has 0 fully saturated rings. The van der Waals surface area contributed by atoms with Gasteiger partial charge in [-0.05, 0) is 60.1 Å². The molecule has 176 valence electrons. The average molecular weight is 501 g/mol. The Balaban J connectivity index is 1.47. The molecule has 0 aliphatic carbocycles. The second kappa shape index (κ2) is 8.41. The molecule has 0 aliphatic heterocycles. The summed E-state index contributed by atoms with van der Waals surface area (Å²) < 4.78 is 71.0. The Morgan fingerprint density at radius 3 is 1.76 bits per heavy atom. The molecule has 34 heavy (non-hydrogen) atoms. The minimum absolute atomic E-state index is 0.0722. The molecule has 14 heteroatoms. The Labute approximate surface area is 190 Å². The Bertz CT molecular complexity index is 1390. The Morgan fingerprint density at radius 2 is 1.32 bits per heavy atom. The predicted octanol–water partition coefficient (Wildman–Crippen LogP) is 5.01. The van der Waals surface area contributed by atoms with E-state index in [0.717, 1.165) is 12.1 Å². The molecule has 1 heterocycles. The van der Waals surface area contributed by atoms with Gasteiger partial charge in [0.05, 0.1) is 0 Å². The Kier molecular flexibility index (Phi) is 5.73. The number of aromatic nitrogens is 2. The fourth-order valence-corrected chi connectivity index (χ4v) is 2.89. The van der Waals surface area contributed by atoms with Gasteiger partial charge < -0.3 is 19.9 Å². The lowest BCUT2D eigenvalue weighted by atomic mass is 10.1. The van der Waals surface area contributed by atoms with E-state index in [9.17, 15) is 31.5 Å². The number of nitrogens with one attached hydrogen (secondary N) is 2. The number of benzene rings is 2. The second-order valence-electron chi connectivity index (χ2n) is 6.73. The highest BCUT2D eigenvalue weighted by Crippen LogP contribution is 2.33. The van der Waals surface area contributed by atoms with Crippen LogP contribution in [0.1, 0.15) is 5.89 Å². The van der Waals surface area contributed by atoms with Gasteiger partial charge >= 0.3 is 17.6 Å². The first-order chi connectivity index (χ1) is 15.9. The molecule has 1 aromatic heterocycles.